The van der Waals surface area contributed by atoms with Crippen LogP contribution in [0.1, 0.15) is 60.8 Å². The van der Waals surface area contributed by atoms with E-state index in [9.17, 15) is 4.79 Å². The highest BCUT2D eigenvalue weighted by Crippen LogP contribution is 2.29. The SMILES string of the molecule is Cc1nn(Cc2ccc(C(=O)N[C@@H]3CCC[C@@H](C)[C@H]3C)o2)c(C)c1Br. The molecule has 0 unspecified atom stereocenters. The van der Waals surface area contributed by atoms with Crippen molar-refractivity contribution in [1.82, 2.24) is 15.1 Å². The molecule has 1 fully saturated rings. The maximum Gasteiger partial charge on any atom is 0.287 e. The van der Waals surface area contributed by atoms with Crippen molar-refractivity contribution in [1.29, 1.82) is 0 Å². The molecule has 2 aromatic heterocycles. The number of nitrogens with zero attached hydrogens (tertiary/aromatic N) is 2. The summed E-state index contributed by atoms with van der Waals surface area (Å²) in [4.78, 5) is 12.5. The molecular weight excluding hydrogens is 382 g/mol. The van der Waals surface area contributed by atoms with Gasteiger partial charge >= 0.3 is 0 Å². The molecule has 3 rings (SSSR count). The van der Waals surface area contributed by atoms with Crippen LogP contribution in [-0.2, 0) is 6.54 Å². The lowest BCUT2D eigenvalue weighted by atomic mass is 9.78. The van der Waals surface area contributed by atoms with E-state index >= 15 is 0 Å². The molecule has 5 nitrogen and oxygen atoms in total. The Morgan fingerprint density at radius 1 is 1.36 bits per heavy atom. The van der Waals surface area contributed by atoms with Crippen molar-refractivity contribution in [2.24, 2.45) is 11.8 Å². The summed E-state index contributed by atoms with van der Waals surface area (Å²) in [6.07, 6.45) is 3.47. The number of aromatic nitrogens is 2. The Labute approximate surface area is 157 Å². The molecule has 0 radical (unpaired) electrons. The van der Waals surface area contributed by atoms with E-state index in [0.29, 0.717) is 24.1 Å². The zero-order valence-electron chi connectivity index (χ0n) is 15.3. The lowest BCUT2D eigenvalue weighted by Crippen LogP contribution is -2.43. The minimum absolute atomic E-state index is 0.119. The number of nitrogens with one attached hydrogen (secondary N) is 1. The van der Waals surface area contributed by atoms with Crippen molar-refractivity contribution in [3.05, 3.63) is 39.5 Å². The van der Waals surface area contributed by atoms with Gasteiger partial charge in [0.1, 0.15) is 5.76 Å². The minimum Gasteiger partial charge on any atom is -0.454 e. The Bertz CT molecular complexity index is 765. The molecule has 0 aromatic carbocycles. The summed E-state index contributed by atoms with van der Waals surface area (Å²) in [5.74, 6) is 2.14. The predicted octanol–water partition coefficient (Wildman–Crippen LogP) is 4.46. The summed E-state index contributed by atoms with van der Waals surface area (Å²) in [5.41, 5.74) is 1.99. The molecule has 0 bridgehead atoms. The molecular formula is C19H26BrN3O2. The van der Waals surface area contributed by atoms with E-state index in [1.54, 1.807) is 6.07 Å². The van der Waals surface area contributed by atoms with Gasteiger partial charge in [-0.3, -0.25) is 9.48 Å². The highest BCUT2D eigenvalue weighted by atomic mass is 79.9. The topological polar surface area (TPSA) is 60.1 Å². The van der Waals surface area contributed by atoms with Crippen LogP contribution in [0, 0.1) is 25.7 Å². The van der Waals surface area contributed by atoms with Crippen LogP contribution < -0.4 is 5.32 Å². The third kappa shape index (κ3) is 3.84. The Hall–Kier alpha value is -1.56. The van der Waals surface area contributed by atoms with Crippen LogP contribution in [0.5, 0.6) is 0 Å². The number of carbonyl (C=O) groups excluding carboxylic acids is 1. The lowest BCUT2D eigenvalue weighted by molar-refractivity contribution is 0.0861. The van der Waals surface area contributed by atoms with Crippen LogP contribution in [0.15, 0.2) is 21.0 Å². The fourth-order valence-electron chi connectivity index (χ4n) is 3.59. The van der Waals surface area contributed by atoms with Crippen LogP contribution in [-0.4, -0.2) is 21.7 Å². The van der Waals surface area contributed by atoms with Gasteiger partial charge in [-0.15, -0.1) is 0 Å². The van der Waals surface area contributed by atoms with Crippen molar-refractivity contribution in [3.63, 3.8) is 0 Å². The van der Waals surface area contributed by atoms with Gasteiger partial charge in [-0.2, -0.15) is 5.10 Å². The van der Waals surface area contributed by atoms with E-state index in [-0.39, 0.29) is 11.9 Å². The highest BCUT2D eigenvalue weighted by Gasteiger charge is 2.29. The molecule has 1 N–H and O–H groups in total. The number of amides is 1. The standard InChI is InChI=1S/C19H26BrN3O2/c1-11-6-5-7-16(12(11)2)21-19(24)17-9-8-15(25-17)10-23-14(4)18(20)13(3)22-23/h8-9,11-12,16H,5-7,10H2,1-4H3,(H,21,24)/t11-,12-,16-/m1/s1. The van der Waals surface area contributed by atoms with Gasteiger partial charge in [0.2, 0.25) is 0 Å². The Morgan fingerprint density at radius 3 is 2.80 bits per heavy atom. The highest BCUT2D eigenvalue weighted by molar-refractivity contribution is 9.10. The third-order valence-corrected chi connectivity index (χ3v) is 6.66. The first-order valence-electron chi connectivity index (χ1n) is 8.96. The molecule has 1 aliphatic rings. The molecule has 0 saturated heterocycles. The molecule has 1 saturated carbocycles. The molecule has 6 heteroatoms. The first-order chi connectivity index (χ1) is 11.9. The van der Waals surface area contributed by atoms with Crippen LogP contribution >= 0.6 is 15.9 Å². The lowest BCUT2D eigenvalue weighted by Gasteiger charge is -2.34. The van der Waals surface area contributed by atoms with Crippen molar-refractivity contribution >= 4 is 21.8 Å². The number of hydrogen-bond donors (Lipinski definition) is 1. The van der Waals surface area contributed by atoms with Crippen molar-refractivity contribution < 1.29 is 9.21 Å². The molecule has 2 aromatic rings. The van der Waals surface area contributed by atoms with Gasteiger partial charge in [0.15, 0.2) is 5.76 Å². The predicted molar refractivity (Wildman–Crippen MR) is 101 cm³/mol. The normalized spacial score (nSPS) is 23.6. The number of rotatable bonds is 4. The van der Waals surface area contributed by atoms with Gasteiger partial charge < -0.3 is 9.73 Å². The average Bonchev–Trinajstić information content (AvgIpc) is 3.13. The number of furan rings is 1. The van der Waals surface area contributed by atoms with E-state index in [0.717, 1.165) is 28.0 Å². The number of hydrogen-bond acceptors (Lipinski definition) is 3. The molecule has 3 atom stereocenters. The molecule has 1 aliphatic carbocycles. The maximum absolute atomic E-state index is 12.5. The number of halogens is 1. The zero-order chi connectivity index (χ0) is 18.1. The van der Waals surface area contributed by atoms with E-state index in [4.69, 9.17) is 4.42 Å². The smallest absolute Gasteiger partial charge is 0.287 e. The molecule has 1 amide bonds. The summed E-state index contributed by atoms with van der Waals surface area (Å²) in [6.45, 7) is 8.97. The largest absolute Gasteiger partial charge is 0.454 e. The first-order valence-corrected chi connectivity index (χ1v) is 9.75. The summed E-state index contributed by atoms with van der Waals surface area (Å²) < 4.78 is 8.66. The van der Waals surface area contributed by atoms with Gasteiger partial charge in [0.05, 0.1) is 22.4 Å². The molecule has 0 aliphatic heterocycles. The number of carbonyl (C=O) groups is 1. The monoisotopic (exact) mass is 407 g/mol. The summed E-state index contributed by atoms with van der Waals surface area (Å²) >= 11 is 3.53. The van der Waals surface area contributed by atoms with Crippen molar-refractivity contribution in [2.75, 3.05) is 0 Å². The van der Waals surface area contributed by atoms with Crippen molar-refractivity contribution in [2.45, 2.75) is 59.5 Å². The Balaban J connectivity index is 1.66. The first kappa shape index (κ1) is 18.2. The minimum atomic E-state index is -0.119. The fourth-order valence-corrected chi connectivity index (χ4v) is 3.87. The van der Waals surface area contributed by atoms with Gasteiger partial charge in [-0.1, -0.05) is 26.7 Å². The van der Waals surface area contributed by atoms with Gasteiger partial charge in [-0.05, 0) is 60.2 Å². The molecule has 0 spiro atoms. The zero-order valence-corrected chi connectivity index (χ0v) is 16.9. The average molecular weight is 408 g/mol. The Morgan fingerprint density at radius 2 is 2.12 bits per heavy atom. The Kier molecular flexibility index (Phi) is 5.37. The summed E-state index contributed by atoms with van der Waals surface area (Å²) in [5, 5.41) is 7.63. The molecule has 25 heavy (non-hydrogen) atoms. The third-order valence-electron chi connectivity index (χ3n) is 5.51. The van der Waals surface area contributed by atoms with Gasteiger partial charge in [0.25, 0.3) is 5.91 Å². The summed E-state index contributed by atoms with van der Waals surface area (Å²) in [6, 6.07) is 3.84. The van der Waals surface area contributed by atoms with Crippen LogP contribution in [0.4, 0.5) is 0 Å². The second-order valence-electron chi connectivity index (χ2n) is 7.26. The van der Waals surface area contributed by atoms with Crippen LogP contribution in [0.3, 0.4) is 0 Å². The van der Waals surface area contributed by atoms with Crippen LogP contribution in [0.2, 0.25) is 0 Å². The quantitative estimate of drug-likeness (QED) is 0.813. The molecule has 2 heterocycles. The van der Waals surface area contributed by atoms with Crippen molar-refractivity contribution in [3.8, 4) is 0 Å². The molecule has 136 valence electrons. The van der Waals surface area contributed by atoms with Crippen LogP contribution in [0.25, 0.3) is 0 Å². The number of aryl methyl sites for hydroxylation is 1. The van der Waals surface area contributed by atoms with E-state index in [1.807, 2.05) is 24.6 Å². The van der Waals surface area contributed by atoms with Gasteiger partial charge in [-0.25, -0.2) is 0 Å². The van der Waals surface area contributed by atoms with E-state index < -0.39 is 0 Å². The van der Waals surface area contributed by atoms with E-state index in [1.165, 1.54) is 12.8 Å². The second-order valence-corrected chi connectivity index (χ2v) is 8.05. The fraction of sp³-hybridized carbons (Fsp3) is 0.579. The maximum atomic E-state index is 12.5. The van der Waals surface area contributed by atoms with E-state index in [2.05, 4.69) is 40.2 Å². The summed E-state index contributed by atoms with van der Waals surface area (Å²) in [7, 11) is 0. The van der Waals surface area contributed by atoms with Gasteiger partial charge in [0, 0.05) is 6.04 Å². The second kappa shape index (κ2) is 7.36.